The predicted octanol–water partition coefficient (Wildman–Crippen LogP) is 2.66. The molecular formula is C10H22OSi. The summed E-state index contributed by atoms with van der Waals surface area (Å²) >= 11 is 0. The van der Waals surface area contributed by atoms with Crippen molar-refractivity contribution >= 4 is 9.76 Å². The Labute approximate surface area is 79.1 Å². The second-order valence-corrected chi connectivity index (χ2v) is 4.47. The van der Waals surface area contributed by atoms with Gasteiger partial charge in [0.15, 0.2) is 9.76 Å². The Balaban J connectivity index is 3.40. The first-order chi connectivity index (χ1) is 5.85. The molecule has 0 amide bonds. The van der Waals surface area contributed by atoms with Crippen LogP contribution in [0, 0.1) is 0 Å². The van der Waals surface area contributed by atoms with Gasteiger partial charge in [0.25, 0.3) is 0 Å². The maximum absolute atomic E-state index is 5.83. The monoisotopic (exact) mass is 186 g/mol. The molecule has 0 bridgehead atoms. The molecule has 0 aromatic heterocycles. The molecule has 12 heavy (non-hydrogen) atoms. The van der Waals surface area contributed by atoms with E-state index in [2.05, 4.69) is 20.4 Å². The van der Waals surface area contributed by atoms with Crippen LogP contribution < -0.4 is 0 Å². The van der Waals surface area contributed by atoms with Crippen LogP contribution in [0.15, 0.2) is 12.7 Å². The largest absolute Gasteiger partial charge is 0.421 e. The molecule has 0 aliphatic carbocycles. The summed E-state index contributed by atoms with van der Waals surface area (Å²) < 4.78 is 5.83. The highest BCUT2D eigenvalue weighted by Crippen LogP contribution is 2.08. The van der Waals surface area contributed by atoms with Gasteiger partial charge in [-0.15, -0.1) is 6.58 Å². The van der Waals surface area contributed by atoms with Crippen molar-refractivity contribution in [3.63, 3.8) is 0 Å². The molecule has 0 aliphatic rings. The van der Waals surface area contributed by atoms with E-state index in [1.165, 1.54) is 25.7 Å². The second kappa shape index (κ2) is 9.01. The van der Waals surface area contributed by atoms with Crippen LogP contribution in [0.4, 0.5) is 0 Å². The number of hydrogen-bond donors (Lipinski definition) is 0. The summed E-state index contributed by atoms with van der Waals surface area (Å²) in [5, 5.41) is 0. The molecule has 0 N–H and O–H groups in total. The summed E-state index contributed by atoms with van der Waals surface area (Å²) in [6.45, 7) is 8.15. The minimum absolute atomic E-state index is 0.295. The van der Waals surface area contributed by atoms with Crippen LogP contribution in [0.25, 0.3) is 0 Å². The van der Waals surface area contributed by atoms with Crippen LogP contribution in [0.2, 0.25) is 6.04 Å². The normalized spacial score (nSPS) is 11.6. The maximum atomic E-state index is 5.83. The highest BCUT2D eigenvalue weighted by molar-refractivity contribution is 6.27. The highest BCUT2D eigenvalue weighted by Gasteiger charge is 2.04. The van der Waals surface area contributed by atoms with Crippen LogP contribution in [0.3, 0.4) is 0 Å². The Morgan fingerprint density at radius 3 is 2.33 bits per heavy atom. The van der Waals surface area contributed by atoms with E-state index in [1.54, 1.807) is 0 Å². The fourth-order valence-corrected chi connectivity index (χ4v) is 2.24. The van der Waals surface area contributed by atoms with E-state index in [4.69, 9.17) is 4.43 Å². The van der Waals surface area contributed by atoms with Gasteiger partial charge in [-0.1, -0.05) is 32.8 Å². The lowest BCUT2D eigenvalue weighted by Crippen LogP contribution is -2.14. The molecule has 0 saturated heterocycles. The predicted molar refractivity (Wildman–Crippen MR) is 58.2 cm³/mol. The maximum Gasteiger partial charge on any atom is 0.165 e. The van der Waals surface area contributed by atoms with Crippen molar-refractivity contribution in [2.45, 2.75) is 51.7 Å². The van der Waals surface area contributed by atoms with Crippen LogP contribution in [-0.2, 0) is 4.43 Å². The Kier molecular flexibility index (Phi) is 8.95. The summed E-state index contributed by atoms with van der Waals surface area (Å²) in [5.74, 6) is 0. The van der Waals surface area contributed by atoms with Crippen molar-refractivity contribution in [3.05, 3.63) is 12.7 Å². The van der Waals surface area contributed by atoms with Crippen LogP contribution in [0.1, 0.15) is 39.5 Å². The van der Waals surface area contributed by atoms with Crippen molar-refractivity contribution in [1.29, 1.82) is 0 Å². The first-order valence-corrected chi connectivity index (χ1v) is 6.65. The van der Waals surface area contributed by atoms with Crippen molar-refractivity contribution in [1.82, 2.24) is 0 Å². The lowest BCUT2D eigenvalue weighted by atomic mass is 10.1. The van der Waals surface area contributed by atoms with E-state index in [-0.39, 0.29) is 9.76 Å². The lowest BCUT2D eigenvalue weighted by molar-refractivity contribution is 0.188. The molecule has 72 valence electrons. The van der Waals surface area contributed by atoms with Gasteiger partial charge in [0.05, 0.1) is 0 Å². The van der Waals surface area contributed by atoms with Gasteiger partial charge in [-0.25, -0.2) is 0 Å². The van der Waals surface area contributed by atoms with E-state index in [1.807, 2.05) is 6.08 Å². The fourth-order valence-electron chi connectivity index (χ4n) is 1.27. The van der Waals surface area contributed by atoms with E-state index in [0.29, 0.717) is 6.10 Å². The second-order valence-electron chi connectivity index (χ2n) is 3.15. The van der Waals surface area contributed by atoms with E-state index in [9.17, 15) is 0 Å². The molecule has 2 heteroatoms. The minimum Gasteiger partial charge on any atom is -0.421 e. The molecule has 0 fully saturated rings. The van der Waals surface area contributed by atoms with Gasteiger partial charge in [0.2, 0.25) is 0 Å². The molecule has 0 rings (SSSR count). The molecule has 0 atom stereocenters. The third-order valence-corrected chi connectivity index (χ3v) is 3.25. The van der Waals surface area contributed by atoms with Gasteiger partial charge >= 0.3 is 0 Å². The zero-order chi connectivity index (χ0) is 9.23. The van der Waals surface area contributed by atoms with Crippen molar-refractivity contribution in [2.75, 3.05) is 0 Å². The van der Waals surface area contributed by atoms with Gasteiger partial charge in [-0.05, 0) is 18.9 Å². The highest BCUT2D eigenvalue weighted by atomic mass is 28.2. The molecule has 0 aromatic carbocycles. The first-order valence-electron chi connectivity index (χ1n) is 5.07. The molecule has 0 radical (unpaired) electrons. The summed E-state index contributed by atoms with van der Waals surface area (Å²) in [7, 11) is -0.295. The Bertz CT molecular complexity index is 98.0. The van der Waals surface area contributed by atoms with Crippen molar-refractivity contribution < 1.29 is 4.43 Å². The SMILES string of the molecule is C=CC[SiH2]OC(CCC)CCC. The zero-order valence-electron chi connectivity index (χ0n) is 8.51. The molecular weight excluding hydrogens is 164 g/mol. The molecule has 0 aliphatic heterocycles. The third-order valence-electron chi connectivity index (χ3n) is 1.90. The van der Waals surface area contributed by atoms with Crippen LogP contribution in [-0.4, -0.2) is 15.9 Å². The summed E-state index contributed by atoms with van der Waals surface area (Å²) in [5.41, 5.74) is 0. The standard InChI is InChI=1S/C10H22OSi/c1-4-7-10(8-5-2)11-12-9-6-3/h6,10H,3-5,7-9,12H2,1-2H3. The Hall–Kier alpha value is -0.0831. The molecule has 0 aromatic rings. The van der Waals surface area contributed by atoms with Crippen molar-refractivity contribution in [3.8, 4) is 0 Å². The van der Waals surface area contributed by atoms with E-state index >= 15 is 0 Å². The zero-order valence-corrected chi connectivity index (χ0v) is 9.93. The van der Waals surface area contributed by atoms with Gasteiger partial charge in [0, 0.05) is 6.10 Å². The van der Waals surface area contributed by atoms with Crippen molar-refractivity contribution in [2.24, 2.45) is 0 Å². The molecule has 1 nitrogen and oxygen atoms in total. The number of rotatable bonds is 8. The summed E-state index contributed by atoms with van der Waals surface area (Å²) in [6, 6.07) is 1.12. The van der Waals surface area contributed by atoms with Gasteiger partial charge in [0.1, 0.15) is 0 Å². The Morgan fingerprint density at radius 1 is 1.33 bits per heavy atom. The van der Waals surface area contributed by atoms with Crippen LogP contribution in [0.5, 0.6) is 0 Å². The Morgan fingerprint density at radius 2 is 1.92 bits per heavy atom. The molecule has 0 spiro atoms. The van der Waals surface area contributed by atoms with Gasteiger partial charge < -0.3 is 4.43 Å². The number of allylic oxidation sites excluding steroid dienone is 1. The average Bonchev–Trinajstić information content (AvgIpc) is 2.06. The quantitative estimate of drug-likeness (QED) is 0.322. The molecule has 0 heterocycles. The van der Waals surface area contributed by atoms with E-state index < -0.39 is 0 Å². The van der Waals surface area contributed by atoms with Gasteiger partial charge in [-0.3, -0.25) is 0 Å². The fraction of sp³-hybridized carbons (Fsp3) is 0.800. The van der Waals surface area contributed by atoms with Crippen LogP contribution >= 0.6 is 0 Å². The topological polar surface area (TPSA) is 9.23 Å². The molecule has 0 unspecified atom stereocenters. The molecule has 0 saturated carbocycles. The number of hydrogen-bond acceptors (Lipinski definition) is 1. The average molecular weight is 186 g/mol. The minimum atomic E-state index is -0.295. The third kappa shape index (κ3) is 6.62. The first kappa shape index (κ1) is 11.9. The van der Waals surface area contributed by atoms with Gasteiger partial charge in [-0.2, -0.15) is 0 Å². The smallest absolute Gasteiger partial charge is 0.165 e. The summed E-state index contributed by atoms with van der Waals surface area (Å²) in [6.07, 6.45) is 7.48. The summed E-state index contributed by atoms with van der Waals surface area (Å²) in [4.78, 5) is 0. The van der Waals surface area contributed by atoms with E-state index in [0.717, 1.165) is 6.04 Å². The lowest BCUT2D eigenvalue weighted by Gasteiger charge is -2.15.